The molecule has 2 heterocycles. The van der Waals surface area contributed by atoms with E-state index in [9.17, 15) is 4.39 Å². The van der Waals surface area contributed by atoms with Crippen LogP contribution in [-0.2, 0) is 11.3 Å². The summed E-state index contributed by atoms with van der Waals surface area (Å²) in [5.41, 5.74) is 3.01. The van der Waals surface area contributed by atoms with Crippen molar-refractivity contribution in [3.8, 4) is 6.07 Å². The van der Waals surface area contributed by atoms with E-state index in [4.69, 9.17) is 10.00 Å². The van der Waals surface area contributed by atoms with Gasteiger partial charge in [0, 0.05) is 31.5 Å². The Morgan fingerprint density at radius 3 is 2.88 bits per heavy atom. The Morgan fingerprint density at radius 1 is 1.46 bits per heavy atom. The molecule has 1 aliphatic heterocycles. The Morgan fingerprint density at radius 2 is 2.25 bits per heavy atom. The van der Waals surface area contributed by atoms with Crippen molar-refractivity contribution in [2.45, 2.75) is 39.0 Å². The number of methoxy groups -OCH3 is 1. The summed E-state index contributed by atoms with van der Waals surface area (Å²) in [6.07, 6.45) is 0.894. The first-order valence-electron chi connectivity index (χ1n) is 8.00. The molecule has 0 aliphatic carbocycles. The molecule has 1 saturated heterocycles. The summed E-state index contributed by atoms with van der Waals surface area (Å²) in [5.74, 6) is 0.599. The Balaban J connectivity index is 1.88. The van der Waals surface area contributed by atoms with Crippen molar-refractivity contribution < 1.29 is 9.13 Å². The van der Waals surface area contributed by atoms with Crippen LogP contribution in [0.5, 0.6) is 0 Å². The molecule has 1 fully saturated rings. The highest BCUT2D eigenvalue weighted by Gasteiger charge is 2.35. The van der Waals surface area contributed by atoms with Crippen molar-refractivity contribution in [2.75, 3.05) is 13.7 Å². The fourth-order valence-corrected chi connectivity index (χ4v) is 3.21. The van der Waals surface area contributed by atoms with Gasteiger partial charge < -0.3 is 9.72 Å². The normalized spacial score (nSPS) is 21.1. The van der Waals surface area contributed by atoms with E-state index in [-0.39, 0.29) is 18.0 Å². The fourth-order valence-electron chi connectivity index (χ4n) is 3.21. The van der Waals surface area contributed by atoms with Crippen LogP contribution in [0.1, 0.15) is 40.8 Å². The third kappa shape index (κ3) is 3.18. The third-order valence-electron chi connectivity index (χ3n) is 4.71. The van der Waals surface area contributed by atoms with Crippen LogP contribution < -0.4 is 0 Å². The lowest BCUT2D eigenvalue weighted by molar-refractivity contribution is 0.107. The maximum Gasteiger partial charge on any atom is 0.127 e. The zero-order valence-electron chi connectivity index (χ0n) is 14.1. The second kappa shape index (κ2) is 6.71. The average molecular weight is 328 g/mol. The molecule has 2 atom stereocenters. The van der Waals surface area contributed by atoms with Crippen LogP contribution >= 0.6 is 0 Å². The first-order valence-corrected chi connectivity index (χ1v) is 8.00. The lowest BCUT2D eigenvalue weighted by Gasteiger charge is -2.23. The van der Waals surface area contributed by atoms with Gasteiger partial charge in [-0.25, -0.2) is 9.37 Å². The summed E-state index contributed by atoms with van der Waals surface area (Å²) in [6.45, 7) is 5.09. The maximum atomic E-state index is 14.1. The van der Waals surface area contributed by atoms with Crippen LogP contribution in [0.15, 0.2) is 18.2 Å². The second-order valence-electron chi connectivity index (χ2n) is 6.29. The number of H-pyrrole nitrogens is 1. The molecule has 1 aromatic carbocycles. The number of imidazole rings is 1. The minimum Gasteiger partial charge on any atom is -0.380 e. The fraction of sp³-hybridized carbons (Fsp3) is 0.444. The largest absolute Gasteiger partial charge is 0.380 e. The lowest BCUT2D eigenvalue weighted by Crippen LogP contribution is -2.26. The quantitative estimate of drug-likeness (QED) is 0.937. The van der Waals surface area contributed by atoms with E-state index in [1.165, 1.54) is 12.1 Å². The number of hydrogen-bond acceptors (Lipinski definition) is 4. The van der Waals surface area contributed by atoms with Crippen molar-refractivity contribution >= 4 is 0 Å². The van der Waals surface area contributed by atoms with Gasteiger partial charge in [-0.05, 0) is 38.5 Å². The number of rotatable bonds is 4. The van der Waals surface area contributed by atoms with Gasteiger partial charge in [0.25, 0.3) is 0 Å². The first-order chi connectivity index (χ1) is 11.5. The van der Waals surface area contributed by atoms with Gasteiger partial charge in [-0.15, -0.1) is 0 Å². The van der Waals surface area contributed by atoms with Crippen molar-refractivity contribution in [1.82, 2.24) is 14.9 Å². The van der Waals surface area contributed by atoms with E-state index in [0.29, 0.717) is 24.2 Å². The van der Waals surface area contributed by atoms with E-state index >= 15 is 0 Å². The van der Waals surface area contributed by atoms with Crippen LogP contribution in [0.4, 0.5) is 4.39 Å². The monoisotopic (exact) mass is 328 g/mol. The van der Waals surface area contributed by atoms with Crippen LogP contribution in [0.2, 0.25) is 0 Å². The van der Waals surface area contributed by atoms with Crippen LogP contribution in [-0.4, -0.2) is 34.6 Å². The molecule has 0 spiro atoms. The van der Waals surface area contributed by atoms with Crippen molar-refractivity contribution in [3.05, 3.63) is 52.4 Å². The molecule has 5 nitrogen and oxygen atoms in total. The van der Waals surface area contributed by atoms with Crippen LogP contribution in [0, 0.1) is 31.0 Å². The molecule has 1 aliphatic rings. The number of aromatic amines is 1. The zero-order valence-corrected chi connectivity index (χ0v) is 14.1. The Hall–Kier alpha value is -2.23. The molecule has 3 rings (SSSR count). The minimum absolute atomic E-state index is 0.0486. The summed E-state index contributed by atoms with van der Waals surface area (Å²) >= 11 is 0. The van der Waals surface area contributed by atoms with Gasteiger partial charge >= 0.3 is 0 Å². The Bertz CT molecular complexity index is 760. The number of hydrogen-bond donors (Lipinski definition) is 1. The highest BCUT2D eigenvalue weighted by atomic mass is 19.1. The Labute approximate surface area is 141 Å². The predicted octanol–water partition coefficient (Wildman–Crippen LogP) is 3.00. The SMILES string of the molecule is CO[C@@H]1C[C@@H](c2nc(C)c(C)[nH]2)N(Cc2cc(C#N)ccc2F)C1. The predicted molar refractivity (Wildman–Crippen MR) is 87.7 cm³/mol. The number of nitrogens with zero attached hydrogens (tertiary/aromatic N) is 3. The van der Waals surface area contributed by atoms with E-state index in [0.717, 1.165) is 23.6 Å². The number of benzene rings is 1. The lowest BCUT2D eigenvalue weighted by atomic mass is 10.1. The number of nitrogens with one attached hydrogen (secondary N) is 1. The summed E-state index contributed by atoms with van der Waals surface area (Å²) in [4.78, 5) is 10.1. The molecule has 2 aromatic rings. The number of halogens is 1. The topological polar surface area (TPSA) is 64.9 Å². The van der Waals surface area contributed by atoms with Gasteiger partial charge in [-0.3, -0.25) is 4.90 Å². The van der Waals surface area contributed by atoms with Crippen molar-refractivity contribution in [3.63, 3.8) is 0 Å². The summed E-state index contributed by atoms with van der Waals surface area (Å²) < 4.78 is 19.7. The van der Waals surface area contributed by atoms with Gasteiger partial charge in [-0.1, -0.05) is 0 Å². The standard InChI is InChI=1S/C18H21FN4O/c1-11-12(2)22-18(21-11)17-7-15(24-3)10-23(17)9-14-6-13(8-20)4-5-16(14)19/h4-6,15,17H,7,9-10H2,1-3H3,(H,21,22)/t15-,17+/m1/s1. The summed E-state index contributed by atoms with van der Waals surface area (Å²) in [6, 6.07) is 6.58. The molecule has 0 amide bonds. The number of ether oxygens (including phenoxy) is 1. The average Bonchev–Trinajstić information content (AvgIpc) is 3.13. The zero-order chi connectivity index (χ0) is 17.3. The number of aryl methyl sites for hydroxylation is 2. The number of nitriles is 1. The number of aromatic nitrogens is 2. The molecule has 126 valence electrons. The minimum atomic E-state index is -0.291. The van der Waals surface area contributed by atoms with Crippen molar-refractivity contribution in [2.24, 2.45) is 0 Å². The van der Waals surface area contributed by atoms with Crippen LogP contribution in [0.3, 0.4) is 0 Å². The van der Waals surface area contributed by atoms with Gasteiger partial charge in [0.1, 0.15) is 11.6 Å². The van der Waals surface area contributed by atoms with Crippen molar-refractivity contribution in [1.29, 1.82) is 5.26 Å². The van der Waals surface area contributed by atoms with E-state index in [2.05, 4.69) is 20.9 Å². The van der Waals surface area contributed by atoms with E-state index < -0.39 is 0 Å². The molecule has 1 aromatic heterocycles. The van der Waals surface area contributed by atoms with E-state index in [1.807, 2.05) is 13.8 Å². The van der Waals surface area contributed by atoms with Crippen LogP contribution in [0.25, 0.3) is 0 Å². The molecule has 24 heavy (non-hydrogen) atoms. The Kier molecular flexibility index (Phi) is 4.65. The van der Waals surface area contributed by atoms with Gasteiger partial charge in [0.05, 0.1) is 29.5 Å². The first kappa shape index (κ1) is 16.6. The van der Waals surface area contributed by atoms with E-state index in [1.54, 1.807) is 13.2 Å². The third-order valence-corrected chi connectivity index (χ3v) is 4.71. The molecule has 0 radical (unpaired) electrons. The summed E-state index contributed by atoms with van der Waals surface area (Å²) in [5, 5.41) is 9.04. The maximum absolute atomic E-state index is 14.1. The van der Waals surface area contributed by atoms with Gasteiger partial charge in [0.2, 0.25) is 0 Å². The smallest absolute Gasteiger partial charge is 0.127 e. The molecule has 6 heteroatoms. The molecular weight excluding hydrogens is 307 g/mol. The molecule has 1 N–H and O–H groups in total. The summed E-state index contributed by atoms with van der Waals surface area (Å²) in [7, 11) is 1.70. The molecule has 0 saturated carbocycles. The number of likely N-dealkylation sites (tertiary alicyclic amines) is 1. The second-order valence-corrected chi connectivity index (χ2v) is 6.29. The highest BCUT2D eigenvalue weighted by molar-refractivity contribution is 5.34. The van der Waals surface area contributed by atoms with Gasteiger partial charge in [0.15, 0.2) is 0 Å². The molecule has 0 unspecified atom stereocenters. The van der Waals surface area contributed by atoms with Gasteiger partial charge in [-0.2, -0.15) is 5.26 Å². The highest BCUT2D eigenvalue weighted by Crippen LogP contribution is 2.34. The molecule has 0 bridgehead atoms. The molecular formula is C18H21FN4O.